The lowest BCUT2D eigenvalue weighted by Gasteiger charge is -2.33. The second-order valence-corrected chi connectivity index (χ2v) is 7.38. The lowest BCUT2D eigenvalue weighted by atomic mass is 9.88. The molecule has 2 nitrogen and oxygen atoms in total. The second-order valence-electron chi connectivity index (χ2n) is 7.38. The van der Waals surface area contributed by atoms with Gasteiger partial charge in [-0.15, -0.1) is 0 Å². The summed E-state index contributed by atoms with van der Waals surface area (Å²) < 4.78 is 0. The molecular formula is C17H34N2. The molecule has 0 spiro atoms. The van der Waals surface area contributed by atoms with Gasteiger partial charge in [-0.3, -0.25) is 0 Å². The summed E-state index contributed by atoms with van der Waals surface area (Å²) in [6, 6.07) is 1.33. The van der Waals surface area contributed by atoms with Crippen molar-refractivity contribution in [1.82, 2.24) is 10.2 Å². The van der Waals surface area contributed by atoms with Crippen molar-refractivity contribution >= 4 is 0 Å². The Morgan fingerprint density at radius 3 is 2.53 bits per heavy atom. The Balaban J connectivity index is 1.79. The third-order valence-electron chi connectivity index (χ3n) is 5.41. The first-order valence-electron chi connectivity index (χ1n) is 8.53. The molecule has 112 valence electrons. The van der Waals surface area contributed by atoms with Gasteiger partial charge in [0.1, 0.15) is 0 Å². The van der Waals surface area contributed by atoms with Crippen LogP contribution in [0.2, 0.25) is 0 Å². The Bertz CT molecular complexity index is 264. The SMILES string of the molecule is CCCC(CNC(C)C)N(C)CC1CC2CCC1C2. The minimum atomic E-state index is 0.607. The van der Waals surface area contributed by atoms with Crippen molar-refractivity contribution in [2.45, 2.75) is 71.4 Å². The van der Waals surface area contributed by atoms with Crippen LogP contribution in [0.3, 0.4) is 0 Å². The third kappa shape index (κ3) is 4.19. The molecule has 0 heterocycles. The predicted octanol–water partition coefficient (Wildman–Crippen LogP) is 3.52. The van der Waals surface area contributed by atoms with Crippen LogP contribution in [-0.2, 0) is 0 Å². The normalized spacial score (nSPS) is 31.6. The summed E-state index contributed by atoms with van der Waals surface area (Å²) >= 11 is 0. The molecule has 2 saturated carbocycles. The molecular weight excluding hydrogens is 232 g/mol. The number of nitrogens with zero attached hydrogens (tertiary/aromatic N) is 1. The third-order valence-corrected chi connectivity index (χ3v) is 5.41. The van der Waals surface area contributed by atoms with Gasteiger partial charge in [-0.05, 0) is 50.5 Å². The molecule has 0 saturated heterocycles. The van der Waals surface area contributed by atoms with Crippen molar-refractivity contribution in [3.63, 3.8) is 0 Å². The Morgan fingerprint density at radius 1 is 1.21 bits per heavy atom. The van der Waals surface area contributed by atoms with E-state index in [1.54, 1.807) is 6.42 Å². The Labute approximate surface area is 120 Å². The van der Waals surface area contributed by atoms with Crippen LogP contribution in [0.1, 0.15) is 59.3 Å². The summed E-state index contributed by atoms with van der Waals surface area (Å²) in [5.41, 5.74) is 0. The monoisotopic (exact) mass is 266 g/mol. The van der Waals surface area contributed by atoms with Crippen LogP contribution in [-0.4, -0.2) is 37.1 Å². The van der Waals surface area contributed by atoms with E-state index < -0.39 is 0 Å². The molecule has 0 aromatic heterocycles. The Hall–Kier alpha value is -0.0800. The smallest absolute Gasteiger partial charge is 0.0217 e. The zero-order valence-corrected chi connectivity index (χ0v) is 13.5. The topological polar surface area (TPSA) is 15.3 Å². The summed E-state index contributed by atoms with van der Waals surface area (Å²) in [4.78, 5) is 2.66. The summed E-state index contributed by atoms with van der Waals surface area (Å²) in [7, 11) is 2.36. The van der Waals surface area contributed by atoms with Crippen molar-refractivity contribution in [3.05, 3.63) is 0 Å². The molecule has 4 atom stereocenters. The molecule has 0 radical (unpaired) electrons. The van der Waals surface area contributed by atoms with Crippen molar-refractivity contribution < 1.29 is 0 Å². The molecule has 1 N–H and O–H groups in total. The van der Waals surface area contributed by atoms with Crippen LogP contribution < -0.4 is 5.32 Å². The maximum absolute atomic E-state index is 3.63. The van der Waals surface area contributed by atoms with Crippen LogP contribution in [0.25, 0.3) is 0 Å². The number of hydrogen-bond donors (Lipinski definition) is 1. The van der Waals surface area contributed by atoms with Crippen molar-refractivity contribution in [2.75, 3.05) is 20.1 Å². The quantitative estimate of drug-likeness (QED) is 0.723. The molecule has 2 rings (SSSR count). The van der Waals surface area contributed by atoms with E-state index in [1.165, 1.54) is 38.6 Å². The fourth-order valence-electron chi connectivity index (χ4n) is 4.30. The van der Waals surface area contributed by atoms with E-state index in [1.807, 2.05) is 0 Å². The number of hydrogen-bond acceptors (Lipinski definition) is 2. The fourth-order valence-corrected chi connectivity index (χ4v) is 4.30. The highest BCUT2D eigenvalue weighted by Crippen LogP contribution is 2.48. The highest BCUT2D eigenvalue weighted by atomic mass is 15.2. The van der Waals surface area contributed by atoms with Gasteiger partial charge in [0.15, 0.2) is 0 Å². The highest BCUT2D eigenvalue weighted by molar-refractivity contribution is 4.91. The standard InChI is InChI=1S/C17H34N2/c1-5-6-17(11-18-13(2)3)19(4)12-16-10-14-7-8-15(16)9-14/h13-18H,5-12H2,1-4H3. The van der Waals surface area contributed by atoms with E-state index in [0.29, 0.717) is 6.04 Å². The first kappa shape index (κ1) is 15.3. The molecule has 0 aromatic rings. The van der Waals surface area contributed by atoms with Gasteiger partial charge in [-0.2, -0.15) is 0 Å². The van der Waals surface area contributed by atoms with Crippen molar-refractivity contribution in [2.24, 2.45) is 17.8 Å². The van der Waals surface area contributed by atoms with Crippen LogP contribution in [0.15, 0.2) is 0 Å². The number of likely N-dealkylation sites (N-methyl/N-ethyl adjacent to an activating group) is 1. The lowest BCUT2D eigenvalue weighted by Crippen LogP contribution is -2.44. The highest BCUT2D eigenvalue weighted by Gasteiger charge is 2.40. The molecule has 2 aliphatic carbocycles. The van der Waals surface area contributed by atoms with Crippen LogP contribution >= 0.6 is 0 Å². The maximum Gasteiger partial charge on any atom is 0.0217 e. The van der Waals surface area contributed by atoms with Crippen molar-refractivity contribution in [1.29, 1.82) is 0 Å². The molecule has 2 fully saturated rings. The van der Waals surface area contributed by atoms with Gasteiger partial charge in [0.05, 0.1) is 0 Å². The van der Waals surface area contributed by atoms with Gasteiger partial charge in [0.25, 0.3) is 0 Å². The van der Waals surface area contributed by atoms with E-state index in [0.717, 1.165) is 30.3 Å². The molecule has 19 heavy (non-hydrogen) atoms. The van der Waals surface area contributed by atoms with Gasteiger partial charge in [-0.25, -0.2) is 0 Å². The number of nitrogens with one attached hydrogen (secondary N) is 1. The predicted molar refractivity (Wildman–Crippen MR) is 83.4 cm³/mol. The minimum absolute atomic E-state index is 0.607. The zero-order valence-electron chi connectivity index (χ0n) is 13.5. The summed E-state index contributed by atoms with van der Waals surface area (Å²) in [6.45, 7) is 9.31. The molecule has 2 aliphatic rings. The first-order valence-corrected chi connectivity index (χ1v) is 8.53. The van der Waals surface area contributed by atoms with E-state index in [-0.39, 0.29) is 0 Å². The fraction of sp³-hybridized carbons (Fsp3) is 1.00. The minimum Gasteiger partial charge on any atom is -0.313 e. The Morgan fingerprint density at radius 2 is 2.00 bits per heavy atom. The molecule has 0 aromatic carbocycles. The van der Waals surface area contributed by atoms with E-state index in [2.05, 4.69) is 38.0 Å². The largest absolute Gasteiger partial charge is 0.313 e. The second kappa shape index (κ2) is 7.08. The van der Waals surface area contributed by atoms with Crippen LogP contribution in [0, 0.1) is 17.8 Å². The Kier molecular flexibility index (Phi) is 5.70. The van der Waals surface area contributed by atoms with Gasteiger partial charge in [-0.1, -0.05) is 33.6 Å². The van der Waals surface area contributed by atoms with Crippen LogP contribution in [0.4, 0.5) is 0 Å². The molecule has 2 heteroatoms. The first-order chi connectivity index (χ1) is 9.10. The molecule has 0 aliphatic heterocycles. The average Bonchev–Trinajstić information content (AvgIpc) is 2.96. The number of rotatable bonds is 8. The summed E-state index contributed by atoms with van der Waals surface area (Å²) in [6.07, 6.45) is 8.74. The van der Waals surface area contributed by atoms with E-state index in [4.69, 9.17) is 0 Å². The van der Waals surface area contributed by atoms with Gasteiger partial charge >= 0.3 is 0 Å². The van der Waals surface area contributed by atoms with E-state index in [9.17, 15) is 0 Å². The van der Waals surface area contributed by atoms with Gasteiger partial charge < -0.3 is 10.2 Å². The van der Waals surface area contributed by atoms with Gasteiger partial charge in [0.2, 0.25) is 0 Å². The summed E-state index contributed by atoms with van der Waals surface area (Å²) in [5, 5.41) is 3.63. The molecule has 4 unspecified atom stereocenters. The maximum atomic E-state index is 3.63. The van der Waals surface area contributed by atoms with Crippen molar-refractivity contribution in [3.8, 4) is 0 Å². The van der Waals surface area contributed by atoms with Gasteiger partial charge in [0, 0.05) is 25.2 Å². The molecule has 2 bridgehead atoms. The van der Waals surface area contributed by atoms with Crippen LogP contribution in [0.5, 0.6) is 0 Å². The lowest BCUT2D eigenvalue weighted by molar-refractivity contribution is 0.161. The van der Waals surface area contributed by atoms with E-state index >= 15 is 0 Å². The summed E-state index contributed by atoms with van der Waals surface area (Å²) in [5.74, 6) is 3.15. The average molecular weight is 266 g/mol. The number of fused-ring (bicyclic) bond motifs is 2. The zero-order chi connectivity index (χ0) is 13.8. The molecule has 0 amide bonds.